The average molecular weight is 480 g/mol. The minimum atomic E-state index is -1.03. The maximum Gasteiger partial charge on any atom is 0.329 e. The fourth-order valence-corrected chi connectivity index (χ4v) is 4.50. The number of hydrogen-bond acceptors (Lipinski definition) is 6. The summed E-state index contributed by atoms with van der Waals surface area (Å²) >= 11 is 0.767. The lowest BCUT2D eigenvalue weighted by atomic mass is 10.0. The van der Waals surface area contributed by atoms with Crippen LogP contribution in [0.1, 0.15) is 25.0 Å². The number of ether oxygens (including phenoxy) is 2. The van der Waals surface area contributed by atoms with Gasteiger partial charge in [-0.25, -0.2) is 9.18 Å². The number of halogens is 1. The number of imide groups is 1. The van der Waals surface area contributed by atoms with E-state index in [4.69, 9.17) is 9.47 Å². The van der Waals surface area contributed by atoms with E-state index in [9.17, 15) is 18.8 Å². The molecule has 1 heterocycles. The van der Waals surface area contributed by atoms with Gasteiger partial charge < -0.3 is 9.47 Å². The molecular weight excluding hydrogens is 457 g/mol. The van der Waals surface area contributed by atoms with Crippen molar-refractivity contribution in [3.8, 4) is 5.75 Å². The molecule has 3 aromatic rings. The van der Waals surface area contributed by atoms with Crippen molar-refractivity contribution < 1.29 is 28.2 Å². The Bertz CT molecular complexity index is 1290. The largest absolute Gasteiger partial charge is 0.488 e. The van der Waals surface area contributed by atoms with Crippen LogP contribution in [0.25, 0.3) is 16.8 Å². The summed E-state index contributed by atoms with van der Waals surface area (Å²) in [5.41, 5.74) is 1.42. The summed E-state index contributed by atoms with van der Waals surface area (Å²) in [7, 11) is 0. The fourth-order valence-electron chi connectivity index (χ4n) is 3.61. The summed E-state index contributed by atoms with van der Waals surface area (Å²) in [4.78, 5) is 38.9. The molecule has 0 radical (unpaired) electrons. The number of esters is 1. The van der Waals surface area contributed by atoms with Gasteiger partial charge in [0.15, 0.2) is 0 Å². The lowest BCUT2D eigenvalue weighted by molar-refractivity contribution is -0.150. The molecule has 0 N–H and O–H groups in total. The SMILES string of the molecule is CCOC(=O)[C@H](C)N1C(=O)S/C(=C/c2c(OCc3ccc(F)cc3)ccc3ccccc23)C1=O. The molecule has 2 amide bonds. The Morgan fingerprint density at radius 1 is 1.09 bits per heavy atom. The molecule has 174 valence electrons. The van der Waals surface area contributed by atoms with Crippen LogP contribution in [0.15, 0.2) is 65.6 Å². The molecule has 1 atom stereocenters. The van der Waals surface area contributed by atoms with Crippen molar-refractivity contribution >= 4 is 45.7 Å². The summed E-state index contributed by atoms with van der Waals surface area (Å²) in [6.07, 6.45) is 1.62. The second-order valence-electron chi connectivity index (χ2n) is 7.59. The third-order valence-corrected chi connectivity index (χ3v) is 6.24. The molecule has 0 bridgehead atoms. The molecule has 6 nitrogen and oxygen atoms in total. The molecule has 0 saturated carbocycles. The van der Waals surface area contributed by atoms with Crippen LogP contribution in [0.3, 0.4) is 0 Å². The highest BCUT2D eigenvalue weighted by atomic mass is 32.2. The zero-order chi connectivity index (χ0) is 24.2. The van der Waals surface area contributed by atoms with E-state index in [0.717, 1.165) is 33.0 Å². The Labute approximate surface area is 200 Å². The maximum atomic E-state index is 13.2. The van der Waals surface area contributed by atoms with Gasteiger partial charge in [0.2, 0.25) is 0 Å². The summed E-state index contributed by atoms with van der Waals surface area (Å²) in [6.45, 7) is 3.47. The topological polar surface area (TPSA) is 72.9 Å². The Morgan fingerprint density at radius 2 is 1.82 bits per heavy atom. The van der Waals surface area contributed by atoms with Gasteiger partial charge in [0, 0.05) is 5.56 Å². The zero-order valence-electron chi connectivity index (χ0n) is 18.6. The van der Waals surface area contributed by atoms with Crippen LogP contribution in [-0.4, -0.2) is 34.7 Å². The van der Waals surface area contributed by atoms with E-state index in [1.807, 2.05) is 30.3 Å². The fraction of sp³-hybridized carbons (Fsp3) is 0.192. The van der Waals surface area contributed by atoms with E-state index in [-0.39, 0.29) is 23.9 Å². The van der Waals surface area contributed by atoms with Crippen molar-refractivity contribution in [3.05, 3.63) is 82.5 Å². The second kappa shape index (κ2) is 10.1. The van der Waals surface area contributed by atoms with Gasteiger partial charge in [-0.1, -0.05) is 42.5 Å². The minimum Gasteiger partial charge on any atom is -0.488 e. The first-order chi connectivity index (χ1) is 16.4. The van der Waals surface area contributed by atoms with Crippen LogP contribution in [0, 0.1) is 5.82 Å². The number of thioether (sulfide) groups is 1. The third-order valence-electron chi connectivity index (χ3n) is 5.35. The van der Waals surface area contributed by atoms with E-state index in [1.165, 1.54) is 19.1 Å². The summed E-state index contributed by atoms with van der Waals surface area (Å²) in [5.74, 6) is -1.02. The van der Waals surface area contributed by atoms with Gasteiger partial charge in [-0.05, 0) is 66.2 Å². The molecule has 1 saturated heterocycles. The van der Waals surface area contributed by atoms with Crippen LogP contribution in [0.5, 0.6) is 5.75 Å². The monoisotopic (exact) mass is 479 g/mol. The quantitative estimate of drug-likeness (QED) is 0.327. The number of benzene rings is 3. The van der Waals surface area contributed by atoms with Crippen molar-refractivity contribution in [3.63, 3.8) is 0 Å². The van der Waals surface area contributed by atoms with E-state index >= 15 is 0 Å². The first-order valence-electron chi connectivity index (χ1n) is 10.7. The van der Waals surface area contributed by atoms with Crippen LogP contribution < -0.4 is 4.74 Å². The number of hydrogen-bond donors (Lipinski definition) is 0. The van der Waals surface area contributed by atoms with Crippen molar-refractivity contribution in [1.82, 2.24) is 4.90 Å². The van der Waals surface area contributed by atoms with Gasteiger partial charge in [0.25, 0.3) is 11.1 Å². The van der Waals surface area contributed by atoms with Crippen molar-refractivity contribution in [2.24, 2.45) is 0 Å². The molecule has 0 aliphatic carbocycles. The number of rotatable bonds is 7. The van der Waals surface area contributed by atoms with E-state index in [0.29, 0.717) is 11.3 Å². The molecule has 1 aliphatic heterocycles. The van der Waals surface area contributed by atoms with E-state index in [2.05, 4.69) is 0 Å². The molecule has 0 aromatic heterocycles. The van der Waals surface area contributed by atoms with Crippen LogP contribution >= 0.6 is 11.8 Å². The van der Waals surface area contributed by atoms with Gasteiger partial charge in [-0.3, -0.25) is 14.5 Å². The second-order valence-corrected chi connectivity index (χ2v) is 8.59. The summed E-state index contributed by atoms with van der Waals surface area (Å²) in [6, 6.07) is 16.3. The van der Waals surface area contributed by atoms with Gasteiger partial charge in [0.05, 0.1) is 11.5 Å². The van der Waals surface area contributed by atoms with Gasteiger partial charge in [-0.2, -0.15) is 0 Å². The lowest BCUT2D eigenvalue weighted by Crippen LogP contribution is -2.42. The highest BCUT2D eigenvalue weighted by molar-refractivity contribution is 8.18. The molecule has 4 rings (SSSR count). The molecule has 8 heteroatoms. The van der Waals surface area contributed by atoms with E-state index in [1.54, 1.807) is 31.2 Å². The number of amides is 2. The van der Waals surface area contributed by atoms with Gasteiger partial charge in [-0.15, -0.1) is 0 Å². The van der Waals surface area contributed by atoms with Crippen LogP contribution in [0.2, 0.25) is 0 Å². The predicted octanol–water partition coefficient (Wildman–Crippen LogP) is 5.55. The molecule has 34 heavy (non-hydrogen) atoms. The Balaban J connectivity index is 1.69. The number of carbonyl (C=O) groups is 3. The third kappa shape index (κ3) is 4.82. The summed E-state index contributed by atoms with van der Waals surface area (Å²) in [5, 5.41) is 1.23. The standard InChI is InChI=1S/C26H22FNO5S/c1-3-32-25(30)16(2)28-24(29)23(34-26(28)31)14-21-20-7-5-4-6-18(20)10-13-22(21)33-15-17-8-11-19(27)12-9-17/h4-14,16H,3,15H2,1-2H3/b23-14+/t16-/m0/s1. The molecule has 0 spiro atoms. The molecule has 1 aliphatic rings. The smallest absolute Gasteiger partial charge is 0.329 e. The van der Waals surface area contributed by atoms with Crippen LogP contribution in [-0.2, 0) is 20.9 Å². The Hall–Kier alpha value is -3.65. The Morgan fingerprint density at radius 3 is 2.56 bits per heavy atom. The van der Waals surface area contributed by atoms with Gasteiger partial charge in [0.1, 0.15) is 24.2 Å². The first-order valence-corrected chi connectivity index (χ1v) is 11.5. The molecule has 1 fully saturated rings. The number of carbonyl (C=O) groups excluding carboxylic acids is 3. The zero-order valence-corrected chi connectivity index (χ0v) is 19.4. The highest BCUT2D eigenvalue weighted by Gasteiger charge is 2.41. The van der Waals surface area contributed by atoms with Crippen molar-refractivity contribution in [2.75, 3.05) is 6.61 Å². The minimum absolute atomic E-state index is 0.153. The van der Waals surface area contributed by atoms with E-state index < -0.39 is 23.2 Å². The van der Waals surface area contributed by atoms with Crippen molar-refractivity contribution in [1.29, 1.82) is 0 Å². The number of nitrogens with zero attached hydrogens (tertiary/aromatic N) is 1. The Kier molecular flexibility index (Phi) is 6.98. The number of fused-ring (bicyclic) bond motifs is 1. The molecule has 0 unspecified atom stereocenters. The molecule has 3 aromatic carbocycles. The lowest BCUT2D eigenvalue weighted by Gasteiger charge is -2.19. The highest BCUT2D eigenvalue weighted by Crippen LogP contribution is 2.38. The molecular formula is C26H22FNO5S. The normalized spacial score (nSPS) is 15.7. The first kappa shape index (κ1) is 23.5. The summed E-state index contributed by atoms with van der Waals surface area (Å²) < 4.78 is 24.2. The van der Waals surface area contributed by atoms with Crippen molar-refractivity contribution in [2.45, 2.75) is 26.5 Å². The average Bonchev–Trinajstić information content (AvgIpc) is 3.11. The van der Waals surface area contributed by atoms with Gasteiger partial charge >= 0.3 is 5.97 Å². The maximum absolute atomic E-state index is 13.2. The predicted molar refractivity (Wildman–Crippen MR) is 129 cm³/mol. The van der Waals surface area contributed by atoms with Crippen LogP contribution in [0.4, 0.5) is 9.18 Å².